The molecule has 2 rings (SSSR count). The molecule has 0 aliphatic rings. The normalized spacial score (nSPS) is 12.5. The minimum Gasteiger partial charge on any atom is -0.495 e. The molecule has 0 saturated heterocycles. The number of methoxy groups -OCH3 is 1. The van der Waals surface area contributed by atoms with Gasteiger partial charge < -0.3 is 15.0 Å². The molecule has 1 unspecified atom stereocenters. The Morgan fingerprint density at radius 3 is 2.82 bits per heavy atom. The van der Waals surface area contributed by atoms with Crippen LogP contribution in [0, 0.1) is 0 Å². The van der Waals surface area contributed by atoms with Gasteiger partial charge in [-0.25, -0.2) is 4.98 Å². The molecule has 4 nitrogen and oxygen atoms in total. The fraction of sp³-hybridized carbons (Fsp3) is 0.250. The first-order valence-electron chi connectivity index (χ1n) is 5.25. The number of halogens is 1. The van der Waals surface area contributed by atoms with E-state index in [1.54, 1.807) is 19.6 Å². The summed E-state index contributed by atoms with van der Waals surface area (Å²) in [4.78, 5) is 4.10. The van der Waals surface area contributed by atoms with E-state index < -0.39 is 0 Å². The Kier molecular flexibility index (Phi) is 3.36. The molecule has 0 spiro atoms. The lowest BCUT2D eigenvalue weighted by atomic mass is 10.2. The van der Waals surface area contributed by atoms with Crippen molar-refractivity contribution in [2.75, 3.05) is 7.11 Å². The van der Waals surface area contributed by atoms with Crippen LogP contribution in [0.15, 0.2) is 30.7 Å². The number of nitrogens with two attached hydrogens (primary N) is 1. The molecule has 0 fully saturated rings. The van der Waals surface area contributed by atoms with Crippen LogP contribution in [0.5, 0.6) is 5.75 Å². The Labute approximate surface area is 105 Å². The molecule has 0 amide bonds. The van der Waals surface area contributed by atoms with Crippen molar-refractivity contribution < 1.29 is 4.74 Å². The molecular formula is C12H14ClN3O. The summed E-state index contributed by atoms with van der Waals surface area (Å²) in [6.45, 7) is 1.92. The summed E-state index contributed by atoms with van der Waals surface area (Å²) < 4.78 is 7.03. The molecular weight excluding hydrogens is 238 g/mol. The number of aromatic nitrogens is 2. The quantitative estimate of drug-likeness (QED) is 0.912. The molecule has 0 aliphatic heterocycles. The van der Waals surface area contributed by atoms with Gasteiger partial charge in [-0.2, -0.15) is 0 Å². The lowest BCUT2D eigenvalue weighted by molar-refractivity contribution is 0.415. The lowest BCUT2D eigenvalue weighted by Gasteiger charge is -2.12. The third kappa shape index (κ3) is 2.28. The van der Waals surface area contributed by atoms with E-state index in [2.05, 4.69) is 4.98 Å². The Morgan fingerprint density at radius 2 is 2.24 bits per heavy atom. The van der Waals surface area contributed by atoms with Crippen LogP contribution in [0.25, 0.3) is 5.69 Å². The summed E-state index contributed by atoms with van der Waals surface area (Å²) >= 11 is 6.09. The van der Waals surface area contributed by atoms with E-state index in [1.165, 1.54) is 0 Å². The summed E-state index contributed by atoms with van der Waals surface area (Å²) in [5.74, 6) is 0.651. The fourth-order valence-corrected chi connectivity index (χ4v) is 1.92. The van der Waals surface area contributed by atoms with Gasteiger partial charge in [0.15, 0.2) is 0 Å². The minimum atomic E-state index is -0.0848. The number of nitrogens with zero attached hydrogens (tertiary/aromatic N) is 2. The molecule has 0 saturated carbocycles. The van der Waals surface area contributed by atoms with Crippen LogP contribution in [0.1, 0.15) is 18.7 Å². The second-order valence-corrected chi connectivity index (χ2v) is 4.20. The average Bonchev–Trinajstić information content (AvgIpc) is 2.77. The number of rotatable bonds is 3. The first-order chi connectivity index (χ1) is 8.13. The molecule has 0 aliphatic carbocycles. The van der Waals surface area contributed by atoms with E-state index >= 15 is 0 Å². The molecule has 0 bridgehead atoms. The zero-order valence-electron chi connectivity index (χ0n) is 9.72. The van der Waals surface area contributed by atoms with E-state index in [0.29, 0.717) is 10.8 Å². The number of hydrogen-bond acceptors (Lipinski definition) is 3. The van der Waals surface area contributed by atoms with Gasteiger partial charge in [-0.05, 0) is 25.1 Å². The van der Waals surface area contributed by atoms with Crippen LogP contribution < -0.4 is 10.5 Å². The molecule has 0 radical (unpaired) electrons. The zero-order valence-corrected chi connectivity index (χ0v) is 10.5. The Hall–Kier alpha value is -1.52. The van der Waals surface area contributed by atoms with Gasteiger partial charge in [0, 0.05) is 11.7 Å². The summed E-state index contributed by atoms with van der Waals surface area (Å²) in [5.41, 5.74) is 7.73. The van der Waals surface area contributed by atoms with E-state index in [1.807, 2.05) is 29.7 Å². The molecule has 1 heterocycles. The van der Waals surface area contributed by atoms with E-state index in [4.69, 9.17) is 22.1 Å². The first-order valence-corrected chi connectivity index (χ1v) is 5.63. The summed E-state index contributed by atoms with van der Waals surface area (Å²) in [6.07, 6.45) is 3.47. The zero-order chi connectivity index (χ0) is 12.4. The van der Waals surface area contributed by atoms with Crippen LogP contribution in [0.3, 0.4) is 0 Å². The van der Waals surface area contributed by atoms with Crippen molar-refractivity contribution >= 4 is 11.6 Å². The standard InChI is InChI=1S/C12H14ClN3O/c1-8(14)11-6-15-7-16(11)9-3-4-12(17-2)10(13)5-9/h3-8H,14H2,1-2H3. The van der Waals surface area contributed by atoms with Crippen molar-refractivity contribution in [2.45, 2.75) is 13.0 Å². The van der Waals surface area contributed by atoms with Crippen molar-refractivity contribution in [1.29, 1.82) is 0 Å². The van der Waals surface area contributed by atoms with Gasteiger partial charge in [-0.3, -0.25) is 0 Å². The SMILES string of the molecule is COc1ccc(-n2cncc2C(C)N)cc1Cl. The molecule has 1 atom stereocenters. The molecule has 90 valence electrons. The highest BCUT2D eigenvalue weighted by Crippen LogP contribution is 2.27. The van der Waals surface area contributed by atoms with Crippen molar-refractivity contribution in [3.05, 3.63) is 41.4 Å². The monoisotopic (exact) mass is 251 g/mol. The largest absolute Gasteiger partial charge is 0.495 e. The van der Waals surface area contributed by atoms with Gasteiger partial charge in [0.1, 0.15) is 5.75 Å². The van der Waals surface area contributed by atoms with Crippen LogP contribution in [-0.4, -0.2) is 16.7 Å². The van der Waals surface area contributed by atoms with Crippen molar-refractivity contribution in [3.63, 3.8) is 0 Å². The molecule has 2 N–H and O–H groups in total. The van der Waals surface area contributed by atoms with E-state index in [9.17, 15) is 0 Å². The van der Waals surface area contributed by atoms with Crippen LogP contribution in [-0.2, 0) is 0 Å². The van der Waals surface area contributed by atoms with E-state index in [-0.39, 0.29) is 6.04 Å². The molecule has 5 heteroatoms. The maximum Gasteiger partial charge on any atom is 0.137 e. The van der Waals surface area contributed by atoms with E-state index in [0.717, 1.165) is 11.4 Å². The summed E-state index contributed by atoms with van der Waals surface area (Å²) in [6, 6.07) is 5.48. The maximum absolute atomic E-state index is 6.09. The van der Waals surface area contributed by atoms with Crippen LogP contribution >= 0.6 is 11.6 Å². The Morgan fingerprint density at radius 1 is 1.47 bits per heavy atom. The summed E-state index contributed by atoms with van der Waals surface area (Å²) in [7, 11) is 1.59. The number of benzene rings is 1. The fourth-order valence-electron chi connectivity index (χ4n) is 1.66. The highest BCUT2D eigenvalue weighted by molar-refractivity contribution is 6.32. The molecule has 17 heavy (non-hydrogen) atoms. The van der Waals surface area contributed by atoms with Crippen molar-refractivity contribution in [3.8, 4) is 11.4 Å². The summed E-state index contributed by atoms with van der Waals surface area (Å²) in [5, 5.41) is 0.564. The van der Waals surface area contributed by atoms with Gasteiger partial charge in [-0.15, -0.1) is 0 Å². The van der Waals surface area contributed by atoms with Gasteiger partial charge in [0.2, 0.25) is 0 Å². The maximum atomic E-state index is 6.09. The molecule has 1 aromatic carbocycles. The highest BCUT2D eigenvalue weighted by Gasteiger charge is 2.10. The molecule has 2 aromatic rings. The second-order valence-electron chi connectivity index (χ2n) is 3.80. The molecule has 1 aromatic heterocycles. The minimum absolute atomic E-state index is 0.0848. The average molecular weight is 252 g/mol. The third-order valence-electron chi connectivity index (χ3n) is 2.55. The second kappa shape index (κ2) is 4.77. The highest BCUT2D eigenvalue weighted by atomic mass is 35.5. The number of imidazole rings is 1. The van der Waals surface area contributed by atoms with Gasteiger partial charge in [0.25, 0.3) is 0 Å². The van der Waals surface area contributed by atoms with Crippen molar-refractivity contribution in [2.24, 2.45) is 5.73 Å². The lowest BCUT2D eigenvalue weighted by Crippen LogP contribution is -2.10. The third-order valence-corrected chi connectivity index (χ3v) is 2.84. The smallest absolute Gasteiger partial charge is 0.137 e. The van der Waals surface area contributed by atoms with Gasteiger partial charge in [-0.1, -0.05) is 11.6 Å². The van der Waals surface area contributed by atoms with Crippen molar-refractivity contribution in [1.82, 2.24) is 9.55 Å². The number of hydrogen-bond donors (Lipinski definition) is 1. The predicted octanol–water partition coefficient (Wildman–Crippen LogP) is 2.55. The van der Waals surface area contributed by atoms with Crippen LogP contribution in [0.2, 0.25) is 5.02 Å². The predicted molar refractivity (Wildman–Crippen MR) is 67.7 cm³/mol. The Bertz CT molecular complexity index is 522. The van der Waals surface area contributed by atoms with Gasteiger partial charge in [0.05, 0.1) is 30.4 Å². The van der Waals surface area contributed by atoms with Gasteiger partial charge >= 0.3 is 0 Å². The van der Waals surface area contributed by atoms with Crippen LogP contribution in [0.4, 0.5) is 0 Å². The topological polar surface area (TPSA) is 53.1 Å². The first kappa shape index (κ1) is 12.0. The Balaban J connectivity index is 2.46. The number of ether oxygens (including phenoxy) is 1.